The maximum absolute atomic E-state index is 13.9. The number of nitrogens with one attached hydrogen (secondary N) is 1. The van der Waals surface area contributed by atoms with Crippen molar-refractivity contribution in [1.82, 2.24) is 5.32 Å². The molecule has 0 spiro atoms. The van der Waals surface area contributed by atoms with E-state index in [0.717, 1.165) is 18.5 Å². The highest BCUT2D eigenvalue weighted by molar-refractivity contribution is 5.67. The molecule has 0 fully saturated rings. The van der Waals surface area contributed by atoms with E-state index >= 15 is 0 Å². The molecule has 0 atom stereocenters. The highest BCUT2D eigenvalue weighted by Gasteiger charge is 2.13. The summed E-state index contributed by atoms with van der Waals surface area (Å²) in [6.07, 6.45) is 1.02. The van der Waals surface area contributed by atoms with Crippen LogP contribution in [0.1, 0.15) is 18.9 Å². The van der Waals surface area contributed by atoms with Crippen molar-refractivity contribution in [3.05, 3.63) is 53.6 Å². The maximum Gasteiger partial charge on any atom is 0.133 e. The molecule has 0 bridgehead atoms. The average Bonchev–Trinajstić information content (AvgIpc) is 2.47. The summed E-state index contributed by atoms with van der Waals surface area (Å²) in [5, 5.41) is 3.27. The minimum Gasteiger partial charge on any atom is -0.496 e. The second kappa shape index (κ2) is 7.18. The molecule has 2 nitrogen and oxygen atoms in total. The highest BCUT2D eigenvalue weighted by atomic mass is 19.1. The van der Waals surface area contributed by atoms with Crippen LogP contribution in [0.3, 0.4) is 0 Å². The lowest BCUT2D eigenvalue weighted by atomic mass is 10.0. The lowest BCUT2D eigenvalue weighted by Crippen LogP contribution is -2.14. The third-order valence-corrected chi connectivity index (χ3v) is 3.27. The van der Waals surface area contributed by atoms with E-state index in [2.05, 4.69) is 12.2 Å². The van der Waals surface area contributed by atoms with Gasteiger partial charge in [-0.15, -0.1) is 0 Å². The predicted molar refractivity (Wildman–Crippen MR) is 80.3 cm³/mol. The summed E-state index contributed by atoms with van der Waals surface area (Å²) in [4.78, 5) is 0. The Hall–Kier alpha value is -1.94. The maximum atomic E-state index is 13.9. The molecule has 0 amide bonds. The Balaban J connectivity index is 2.39. The average molecular weight is 291 g/mol. The van der Waals surface area contributed by atoms with Gasteiger partial charge < -0.3 is 10.1 Å². The highest BCUT2D eigenvalue weighted by Crippen LogP contribution is 2.30. The quantitative estimate of drug-likeness (QED) is 0.808. The van der Waals surface area contributed by atoms with Gasteiger partial charge in [-0.05, 0) is 42.8 Å². The van der Waals surface area contributed by atoms with E-state index in [0.29, 0.717) is 17.9 Å². The van der Waals surface area contributed by atoms with Crippen molar-refractivity contribution in [3.63, 3.8) is 0 Å². The van der Waals surface area contributed by atoms with Crippen molar-refractivity contribution in [1.29, 1.82) is 0 Å². The number of ether oxygens (including phenoxy) is 1. The van der Waals surface area contributed by atoms with Gasteiger partial charge in [0.25, 0.3) is 0 Å². The van der Waals surface area contributed by atoms with Crippen molar-refractivity contribution in [3.8, 4) is 16.9 Å². The summed E-state index contributed by atoms with van der Waals surface area (Å²) in [5.74, 6) is -0.417. The zero-order valence-electron chi connectivity index (χ0n) is 12.2. The molecule has 0 radical (unpaired) electrons. The Kier molecular flexibility index (Phi) is 5.28. The summed E-state index contributed by atoms with van der Waals surface area (Å²) in [6, 6.07) is 9.06. The molecule has 112 valence electrons. The van der Waals surface area contributed by atoms with Crippen LogP contribution in [0.5, 0.6) is 5.75 Å². The first kappa shape index (κ1) is 15.4. The fraction of sp³-hybridized carbons (Fsp3) is 0.294. The Morgan fingerprint density at radius 1 is 1.10 bits per heavy atom. The number of hydrogen-bond acceptors (Lipinski definition) is 2. The van der Waals surface area contributed by atoms with E-state index in [1.54, 1.807) is 25.3 Å². The van der Waals surface area contributed by atoms with Crippen LogP contribution in [0.4, 0.5) is 8.78 Å². The number of hydrogen-bond donors (Lipinski definition) is 1. The van der Waals surface area contributed by atoms with Crippen LogP contribution in [0.15, 0.2) is 36.4 Å². The first-order valence-corrected chi connectivity index (χ1v) is 6.99. The zero-order chi connectivity index (χ0) is 15.2. The van der Waals surface area contributed by atoms with Gasteiger partial charge in [0.2, 0.25) is 0 Å². The van der Waals surface area contributed by atoms with Crippen LogP contribution in [0, 0.1) is 11.6 Å². The lowest BCUT2D eigenvalue weighted by molar-refractivity contribution is 0.408. The van der Waals surface area contributed by atoms with Gasteiger partial charge in [-0.1, -0.05) is 19.1 Å². The molecule has 4 heteroatoms. The summed E-state index contributed by atoms with van der Waals surface area (Å²) in [7, 11) is 1.59. The molecule has 0 aliphatic rings. The molecular formula is C17H19F2NO. The van der Waals surface area contributed by atoms with Gasteiger partial charge in [0.05, 0.1) is 12.7 Å². The Morgan fingerprint density at radius 2 is 1.81 bits per heavy atom. The van der Waals surface area contributed by atoms with Crippen LogP contribution in [-0.2, 0) is 6.54 Å². The molecule has 0 saturated carbocycles. The standard InChI is InChI=1S/C17H19F2NO/c1-3-9-20-11-13-10-12(7-8-16(13)21-2)17-14(18)5-4-6-15(17)19/h4-8,10,20H,3,9,11H2,1-2H3. The van der Waals surface area contributed by atoms with E-state index in [-0.39, 0.29) is 5.56 Å². The summed E-state index contributed by atoms with van der Waals surface area (Å²) < 4.78 is 33.0. The minimum atomic E-state index is -0.562. The molecule has 2 rings (SSSR count). The van der Waals surface area contributed by atoms with Crippen LogP contribution in [0.2, 0.25) is 0 Å². The van der Waals surface area contributed by atoms with Crippen LogP contribution in [-0.4, -0.2) is 13.7 Å². The largest absolute Gasteiger partial charge is 0.496 e. The van der Waals surface area contributed by atoms with Crippen molar-refractivity contribution in [2.75, 3.05) is 13.7 Å². The first-order valence-electron chi connectivity index (χ1n) is 6.99. The van der Waals surface area contributed by atoms with E-state index in [4.69, 9.17) is 4.74 Å². The van der Waals surface area contributed by atoms with Gasteiger partial charge in [-0.2, -0.15) is 0 Å². The SMILES string of the molecule is CCCNCc1cc(-c2c(F)cccc2F)ccc1OC. The lowest BCUT2D eigenvalue weighted by Gasteiger charge is -2.12. The normalized spacial score (nSPS) is 10.7. The number of methoxy groups -OCH3 is 1. The van der Waals surface area contributed by atoms with Crippen LogP contribution < -0.4 is 10.1 Å². The van der Waals surface area contributed by atoms with Gasteiger partial charge in [-0.3, -0.25) is 0 Å². The second-order valence-electron chi connectivity index (χ2n) is 4.80. The van der Waals surface area contributed by atoms with Gasteiger partial charge in [0, 0.05) is 12.1 Å². The first-order chi connectivity index (χ1) is 10.2. The second-order valence-corrected chi connectivity index (χ2v) is 4.80. The number of rotatable bonds is 6. The smallest absolute Gasteiger partial charge is 0.133 e. The minimum absolute atomic E-state index is 0.00288. The molecule has 0 aromatic heterocycles. The van der Waals surface area contributed by atoms with Gasteiger partial charge in [0.1, 0.15) is 17.4 Å². The van der Waals surface area contributed by atoms with E-state index in [9.17, 15) is 8.78 Å². The molecule has 21 heavy (non-hydrogen) atoms. The fourth-order valence-corrected chi connectivity index (χ4v) is 2.25. The van der Waals surface area contributed by atoms with Crippen molar-refractivity contribution in [2.45, 2.75) is 19.9 Å². The molecule has 0 aliphatic heterocycles. The predicted octanol–water partition coefficient (Wildman–Crippen LogP) is 4.14. The van der Waals surface area contributed by atoms with Gasteiger partial charge in [0.15, 0.2) is 0 Å². The molecule has 0 unspecified atom stereocenters. The molecule has 0 saturated heterocycles. The van der Waals surface area contributed by atoms with Crippen molar-refractivity contribution >= 4 is 0 Å². The molecule has 2 aromatic carbocycles. The molecule has 1 N–H and O–H groups in total. The summed E-state index contributed by atoms with van der Waals surface area (Å²) >= 11 is 0. The third kappa shape index (κ3) is 3.58. The Labute approximate surface area is 123 Å². The molecular weight excluding hydrogens is 272 g/mol. The van der Waals surface area contributed by atoms with Crippen molar-refractivity contribution in [2.24, 2.45) is 0 Å². The third-order valence-electron chi connectivity index (χ3n) is 3.27. The van der Waals surface area contributed by atoms with Gasteiger partial charge >= 0.3 is 0 Å². The van der Waals surface area contributed by atoms with Gasteiger partial charge in [-0.25, -0.2) is 8.78 Å². The monoisotopic (exact) mass is 291 g/mol. The van der Waals surface area contributed by atoms with Crippen LogP contribution in [0.25, 0.3) is 11.1 Å². The molecule has 2 aromatic rings. The van der Waals surface area contributed by atoms with E-state index < -0.39 is 11.6 Å². The zero-order valence-corrected chi connectivity index (χ0v) is 12.2. The number of halogens is 2. The fourth-order valence-electron chi connectivity index (χ4n) is 2.25. The molecule has 0 aliphatic carbocycles. The summed E-state index contributed by atoms with van der Waals surface area (Å²) in [5.41, 5.74) is 1.39. The van der Waals surface area contributed by atoms with Crippen LogP contribution >= 0.6 is 0 Å². The molecule has 0 heterocycles. The van der Waals surface area contributed by atoms with Crippen molar-refractivity contribution < 1.29 is 13.5 Å². The summed E-state index contributed by atoms with van der Waals surface area (Å²) in [6.45, 7) is 3.55. The van der Waals surface area contributed by atoms with E-state index in [1.807, 2.05) is 0 Å². The van der Waals surface area contributed by atoms with E-state index in [1.165, 1.54) is 18.2 Å². The topological polar surface area (TPSA) is 21.3 Å². The Bertz CT molecular complexity index is 593. The number of benzene rings is 2. The Morgan fingerprint density at radius 3 is 2.43 bits per heavy atom.